The van der Waals surface area contributed by atoms with Gasteiger partial charge in [0.25, 0.3) is 0 Å². The summed E-state index contributed by atoms with van der Waals surface area (Å²) in [6.07, 6.45) is 0.656. The van der Waals surface area contributed by atoms with E-state index in [0.29, 0.717) is 18.5 Å². The van der Waals surface area contributed by atoms with Gasteiger partial charge in [-0.1, -0.05) is 30.3 Å². The van der Waals surface area contributed by atoms with Gasteiger partial charge in [-0.15, -0.1) is 0 Å². The monoisotopic (exact) mass is 291 g/mol. The molecule has 1 aliphatic rings. The van der Waals surface area contributed by atoms with Crippen LogP contribution in [0.3, 0.4) is 0 Å². The van der Waals surface area contributed by atoms with Crippen LogP contribution in [0.2, 0.25) is 0 Å². The molecule has 5 N–H and O–H groups in total. The maximum absolute atomic E-state index is 12.3. The molecule has 0 aliphatic carbocycles. The van der Waals surface area contributed by atoms with Crippen LogP contribution in [0.4, 0.5) is 0 Å². The topological polar surface area (TPSA) is 107 Å². The van der Waals surface area contributed by atoms with Gasteiger partial charge in [-0.05, 0) is 25.3 Å². The van der Waals surface area contributed by atoms with Gasteiger partial charge >= 0.3 is 0 Å². The lowest BCUT2D eigenvalue weighted by molar-refractivity contribution is -0.138. The Labute approximate surface area is 123 Å². The predicted octanol–water partition coefficient (Wildman–Crippen LogP) is 0.00960. The fraction of sp³-hybridized carbons (Fsp3) is 0.467. The number of primary amides is 1. The lowest BCUT2D eigenvalue weighted by Gasteiger charge is -2.29. The van der Waals surface area contributed by atoms with Crippen LogP contribution in [-0.4, -0.2) is 30.6 Å². The van der Waals surface area contributed by atoms with Gasteiger partial charge in [0.2, 0.25) is 11.8 Å². The lowest BCUT2D eigenvalue weighted by Crippen LogP contribution is -2.55. The number of carbonyl (C=O) groups is 2. The van der Waals surface area contributed by atoms with Crippen molar-refractivity contribution in [1.29, 1.82) is 0 Å². The van der Waals surface area contributed by atoms with E-state index in [9.17, 15) is 9.59 Å². The maximum Gasteiger partial charge on any atom is 0.250 e. The van der Waals surface area contributed by atoms with Crippen molar-refractivity contribution in [2.24, 2.45) is 11.5 Å². The molecule has 1 fully saturated rings. The molecular weight excluding hydrogens is 270 g/mol. The number of hydrogen-bond donors (Lipinski definition) is 3. The first-order valence-corrected chi connectivity index (χ1v) is 7.00. The van der Waals surface area contributed by atoms with Gasteiger partial charge in [0.15, 0.2) is 0 Å². The smallest absolute Gasteiger partial charge is 0.250 e. The molecule has 0 saturated carbocycles. The van der Waals surface area contributed by atoms with E-state index in [1.807, 2.05) is 6.07 Å². The second kappa shape index (κ2) is 6.24. The minimum atomic E-state index is -1.26. The molecule has 0 spiro atoms. The SMILES string of the molecule is CC(NC(=O)[C@@H]1CC[C@H](CN)O1)(C(N)=O)c1ccccc1. The van der Waals surface area contributed by atoms with Gasteiger partial charge in [-0.25, -0.2) is 0 Å². The van der Waals surface area contributed by atoms with E-state index in [2.05, 4.69) is 5.32 Å². The first-order valence-electron chi connectivity index (χ1n) is 7.00. The molecule has 1 unspecified atom stereocenters. The highest BCUT2D eigenvalue weighted by Gasteiger charge is 2.38. The van der Waals surface area contributed by atoms with Crippen molar-refractivity contribution in [3.05, 3.63) is 35.9 Å². The number of nitrogens with one attached hydrogen (secondary N) is 1. The number of benzene rings is 1. The van der Waals surface area contributed by atoms with Crippen molar-refractivity contribution in [1.82, 2.24) is 5.32 Å². The van der Waals surface area contributed by atoms with E-state index in [0.717, 1.165) is 6.42 Å². The summed E-state index contributed by atoms with van der Waals surface area (Å²) in [7, 11) is 0. The number of amides is 2. The van der Waals surface area contributed by atoms with E-state index in [4.69, 9.17) is 16.2 Å². The lowest BCUT2D eigenvalue weighted by atomic mass is 9.91. The van der Waals surface area contributed by atoms with Crippen molar-refractivity contribution >= 4 is 11.8 Å². The van der Waals surface area contributed by atoms with Crippen LogP contribution in [0.15, 0.2) is 30.3 Å². The minimum Gasteiger partial charge on any atom is -0.367 e. The van der Waals surface area contributed by atoms with Gasteiger partial charge in [-0.2, -0.15) is 0 Å². The molecule has 0 bridgehead atoms. The largest absolute Gasteiger partial charge is 0.367 e. The second-order valence-electron chi connectivity index (χ2n) is 5.40. The van der Waals surface area contributed by atoms with Crippen LogP contribution in [-0.2, 0) is 19.9 Å². The molecule has 1 aliphatic heterocycles. The Morgan fingerprint density at radius 2 is 2.00 bits per heavy atom. The van der Waals surface area contributed by atoms with E-state index in [-0.39, 0.29) is 12.0 Å². The molecule has 2 rings (SSSR count). The molecule has 0 aromatic heterocycles. The number of rotatable bonds is 5. The normalized spacial score (nSPS) is 24.3. The summed E-state index contributed by atoms with van der Waals surface area (Å²) in [4.78, 5) is 24.2. The second-order valence-corrected chi connectivity index (χ2v) is 5.40. The highest BCUT2D eigenvalue weighted by Crippen LogP contribution is 2.23. The zero-order valence-corrected chi connectivity index (χ0v) is 12.0. The first kappa shape index (κ1) is 15.5. The zero-order chi connectivity index (χ0) is 15.5. The van der Waals surface area contributed by atoms with E-state index in [1.54, 1.807) is 31.2 Å². The Balaban J connectivity index is 2.14. The molecule has 0 radical (unpaired) electrons. The summed E-state index contributed by atoms with van der Waals surface area (Å²) >= 11 is 0. The molecule has 6 heteroatoms. The van der Waals surface area contributed by atoms with Gasteiger partial charge in [0, 0.05) is 6.54 Å². The first-order chi connectivity index (χ1) is 9.97. The Morgan fingerprint density at radius 3 is 2.52 bits per heavy atom. The molecule has 21 heavy (non-hydrogen) atoms. The van der Waals surface area contributed by atoms with E-state index < -0.39 is 17.6 Å². The Kier molecular flexibility index (Phi) is 4.59. The van der Waals surface area contributed by atoms with Crippen molar-refractivity contribution in [3.8, 4) is 0 Å². The Bertz CT molecular complexity index is 520. The van der Waals surface area contributed by atoms with Crippen LogP contribution >= 0.6 is 0 Å². The van der Waals surface area contributed by atoms with Crippen LogP contribution < -0.4 is 16.8 Å². The molecular formula is C15H21N3O3. The third-order valence-corrected chi connectivity index (χ3v) is 3.88. The van der Waals surface area contributed by atoms with Crippen LogP contribution in [0.1, 0.15) is 25.3 Å². The van der Waals surface area contributed by atoms with Crippen molar-refractivity contribution in [3.63, 3.8) is 0 Å². The molecule has 6 nitrogen and oxygen atoms in total. The predicted molar refractivity (Wildman–Crippen MR) is 78.1 cm³/mol. The standard InChI is InChI=1S/C15H21N3O3/c1-15(14(17)20,10-5-3-2-4-6-10)18-13(19)12-8-7-11(9-16)21-12/h2-6,11-12H,7-9,16H2,1H3,(H2,17,20)(H,18,19)/t11-,12+,15?/m1/s1. The zero-order valence-electron chi connectivity index (χ0n) is 12.0. The summed E-state index contributed by atoms with van der Waals surface area (Å²) in [5.41, 5.74) is 10.4. The Hall–Kier alpha value is -1.92. The fourth-order valence-corrected chi connectivity index (χ4v) is 2.45. The number of carbonyl (C=O) groups excluding carboxylic acids is 2. The third-order valence-electron chi connectivity index (χ3n) is 3.88. The number of hydrogen-bond acceptors (Lipinski definition) is 4. The van der Waals surface area contributed by atoms with Crippen LogP contribution in [0, 0.1) is 0 Å². The van der Waals surface area contributed by atoms with Crippen LogP contribution in [0.5, 0.6) is 0 Å². The summed E-state index contributed by atoms with van der Waals surface area (Å²) in [6, 6.07) is 8.92. The summed E-state index contributed by atoms with van der Waals surface area (Å²) < 4.78 is 5.54. The Morgan fingerprint density at radius 1 is 1.33 bits per heavy atom. The van der Waals surface area contributed by atoms with E-state index in [1.165, 1.54) is 0 Å². The summed E-state index contributed by atoms with van der Waals surface area (Å²) in [6.45, 7) is 1.98. The van der Waals surface area contributed by atoms with Crippen molar-refractivity contribution in [2.75, 3.05) is 6.54 Å². The molecule has 1 saturated heterocycles. The highest BCUT2D eigenvalue weighted by molar-refractivity contribution is 5.92. The molecule has 1 aromatic carbocycles. The van der Waals surface area contributed by atoms with Gasteiger partial charge in [-0.3, -0.25) is 9.59 Å². The van der Waals surface area contributed by atoms with E-state index >= 15 is 0 Å². The van der Waals surface area contributed by atoms with Gasteiger partial charge in [0.1, 0.15) is 11.6 Å². The molecule has 3 atom stereocenters. The van der Waals surface area contributed by atoms with Crippen molar-refractivity contribution in [2.45, 2.75) is 37.5 Å². The molecule has 2 amide bonds. The average Bonchev–Trinajstić information content (AvgIpc) is 2.97. The third kappa shape index (κ3) is 3.22. The van der Waals surface area contributed by atoms with Gasteiger partial charge in [0.05, 0.1) is 6.10 Å². The quantitative estimate of drug-likeness (QED) is 0.710. The maximum atomic E-state index is 12.3. The molecule has 1 heterocycles. The van der Waals surface area contributed by atoms with Crippen molar-refractivity contribution < 1.29 is 14.3 Å². The molecule has 1 aromatic rings. The van der Waals surface area contributed by atoms with Gasteiger partial charge < -0.3 is 21.5 Å². The fourth-order valence-electron chi connectivity index (χ4n) is 2.45. The summed E-state index contributed by atoms with van der Waals surface area (Å²) in [5.74, 6) is -0.952. The van der Waals surface area contributed by atoms with Crippen LogP contribution in [0.25, 0.3) is 0 Å². The minimum absolute atomic E-state index is 0.0997. The molecule has 114 valence electrons. The summed E-state index contributed by atoms with van der Waals surface area (Å²) in [5, 5.41) is 2.72. The number of ether oxygens (including phenoxy) is 1. The number of nitrogens with two attached hydrogens (primary N) is 2. The average molecular weight is 291 g/mol. The highest BCUT2D eigenvalue weighted by atomic mass is 16.5.